The monoisotopic (exact) mass is 331 g/mol. The molecule has 1 atom stereocenters. The van der Waals surface area contributed by atoms with Crippen molar-refractivity contribution < 1.29 is 4.79 Å². The molecule has 1 amide bonds. The van der Waals surface area contributed by atoms with Gasteiger partial charge in [0.2, 0.25) is 0 Å². The molecule has 0 aliphatic rings. The van der Waals surface area contributed by atoms with E-state index in [4.69, 9.17) is 0 Å². The molecule has 0 heterocycles. The van der Waals surface area contributed by atoms with Crippen molar-refractivity contribution in [2.45, 2.75) is 26.8 Å². The number of amides is 1. The van der Waals surface area contributed by atoms with E-state index in [0.717, 1.165) is 21.2 Å². The Hall–Kier alpha value is -1.61. The Morgan fingerprint density at radius 3 is 2.15 bits per heavy atom. The van der Waals surface area contributed by atoms with Gasteiger partial charge in [0.05, 0.1) is 6.04 Å². The van der Waals surface area contributed by atoms with Crippen LogP contribution in [0.1, 0.15) is 40.0 Å². The van der Waals surface area contributed by atoms with Crippen LogP contribution < -0.4 is 5.32 Å². The van der Waals surface area contributed by atoms with Gasteiger partial charge in [-0.15, -0.1) is 0 Å². The number of hydrogen-bond acceptors (Lipinski definition) is 1. The van der Waals surface area contributed by atoms with Crippen molar-refractivity contribution in [3.8, 4) is 0 Å². The summed E-state index contributed by atoms with van der Waals surface area (Å²) < 4.78 is 1.04. The van der Waals surface area contributed by atoms with Gasteiger partial charge in [0.15, 0.2) is 0 Å². The minimum Gasteiger partial charge on any atom is -0.346 e. The van der Waals surface area contributed by atoms with Crippen LogP contribution in [0.25, 0.3) is 0 Å². The van der Waals surface area contributed by atoms with Gasteiger partial charge in [0.1, 0.15) is 0 Å². The smallest absolute Gasteiger partial charge is 0.251 e. The van der Waals surface area contributed by atoms with E-state index in [1.807, 2.05) is 57.2 Å². The van der Waals surface area contributed by atoms with Crippen LogP contribution >= 0.6 is 15.9 Å². The molecule has 104 valence electrons. The van der Waals surface area contributed by atoms with Crippen LogP contribution in [0, 0.1) is 13.8 Å². The number of benzene rings is 2. The predicted molar refractivity (Wildman–Crippen MR) is 85.9 cm³/mol. The minimum atomic E-state index is -0.0350. The predicted octanol–water partition coefficient (Wildman–Crippen LogP) is 4.56. The van der Waals surface area contributed by atoms with Crippen molar-refractivity contribution in [2.24, 2.45) is 0 Å². The number of rotatable bonds is 3. The summed E-state index contributed by atoms with van der Waals surface area (Å²) in [6.07, 6.45) is 0. The van der Waals surface area contributed by atoms with Crippen molar-refractivity contribution in [2.75, 3.05) is 0 Å². The van der Waals surface area contributed by atoms with Crippen molar-refractivity contribution >= 4 is 21.8 Å². The molecule has 0 bridgehead atoms. The lowest BCUT2D eigenvalue weighted by molar-refractivity contribution is 0.0939. The van der Waals surface area contributed by atoms with E-state index in [2.05, 4.69) is 27.3 Å². The summed E-state index contributed by atoms with van der Waals surface area (Å²) in [5, 5.41) is 3.03. The van der Waals surface area contributed by atoms with Crippen LogP contribution in [0.5, 0.6) is 0 Å². The van der Waals surface area contributed by atoms with Crippen molar-refractivity contribution in [3.05, 3.63) is 69.2 Å². The Bertz CT molecular complexity index is 599. The molecule has 3 heteroatoms. The van der Waals surface area contributed by atoms with Gasteiger partial charge in [-0.3, -0.25) is 4.79 Å². The highest BCUT2D eigenvalue weighted by atomic mass is 79.9. The number of hydrogen-bond donors (Lipinski definition) is 1. The maximum Gasteiger partial charge on any atom is 0.251 e. The molecule has 1 N–H and O–H groups in total. The van der Waals surface area contributed by atoms with Gasteiger partial charge in [0.25, 0.3) is 5.91 Å². The molecule has 0 saturated heterocycles. The van der Waals surface area contributed by atoms with E-state index in [1.165, 1.54) is 0 Å². The zero-order valence-corrected chi connectivity index (χ0v) is 13.5. The van der Waals surface area contributed by atoms with Crippen LogP contribution in [-0.2, 0) is 0 Å². The van der Waals surface area contributed by atoms with Crippen LogP contribution in [0.15, 0.2) is 46.9 Å². The van der Waals surface area contributed by atoms with Gasteiger partial charge in [-0.05, 0) is 50.6 Å². The average molecular weight is 332 g/mol. The first-order chi connectivity index (χ1) is 9.45. The fourth-order valence-electron chi connectivity index (χ4n) is 2.22. The highest BCUT2D eigenvalue weighted by Crippen LogP contribution is 2.17. The lowest BCUT2D eigenvalue weighted by Crippen LogP contribution is -2.26. The lowest BCUT2D eigenvalue weighted by atomic mass is 10.1. The molecule has 0 radical (unpaired) electrons. The minimum absolute atomic E-state index is 0.0172. The second-order valence-corrected chi connectivity index (χ2v) is 6.04. The summed E-state index contributed by atoms with van der Waals surface area (Å²) in [7, 11) is 0. The molecule has 2 nitrogen and oxygen atoms in total. The standard InChI is InChI=1S/C17H18BrNO/c1-11-8-12(2)10-15(9-11)17(20)19-13(3)14-4-6-16(18)7-5-14/h4-10,13H,1-3H3,(H,19,20). The molecule has 0 aliphatic carbocycles. The van der Waals surface area contributed by atoms with Gasteiger partial charge in [0, 0.05) is 10.0 Å². The molecule has 2 aromatic rings. The maximum absolute atomic E-state index is 12.3. The molecular formula is C17H18BrNO. The second-order valence-electron chi connectivity index (χ2n) is 5.12. The molecular weight excluding hydrogens is 314 g/mol. The molecule has 2 aromatic carbocycles. The van der Waals surface area contributed by atoms with Crippen LogP contribution in [0.3, 0.4) is 0 Å². The average Bonchev–Trinajstić information content (AvgIpc) is 2.38. The van der Waals surface area contributed by atoms with Gasteiger partial charge < -0.3 is 5.32 Å². The van der Waals surface area contributed by atoms with Gasteiger partial charge in [-0.25, -0.2) is 0 Å². The number of aryl methyl sites for hydroxylation is 2. The highest BCUT2D eigenvalue weighted by molar-refractivity contribution is 9.10. The third-order valence-corrected chi connectivity index (χ3v) is 3.73. The highest BCUT2D eigenvalue weighted by Gasteiger charge is 2.12. The SMILES string of the molecule is Cc1cc(C)cc(C(=O)NC(C)c2ccc(Br)cc2)c1. The quantitative estimate of drug-likeness (QED) is 0.877. The van der Waals surface area contributed by atoms with Gasteiger partial charge in [-0.1, -0.05) is 45.3 Å². The fourth-order valence-corrected chi connectivity index (χ4v) is 2.48. The summed E-state index contributed by atoms with van der Waals surface area (Å²) in [5.41, 5.74) is 4.01. The van der Waals surface area contributed by atoms with E-state index < -0.39 is 0 Å². The van der Waals surface area contributed by atoms with Gasteiger partial charge >= 0.3 is 0 Å². The number of carbonyl (C=O) groups is 1. The van der Waals surface area contributed by atoms with Crippen LogP contribution in [0.2, 0.25) is 0 Å². The molecule has 1 unspecified atom stereocenters. The molecule has 0 aromatic heterocycles. The second kappa shape index (κ2) is 6.23. The van der Waals surface area contributed by atoms with E-state index in [9.17, 15) is 4.79 Å². The summed E-state index contributed by atoms with van der Waals surface area (Å²) >= 11 is 3.41. The Balaban J connectivity index is 2.12. The van der Waals surface area contributed by atoms with E-state index in [1.54, 1.807) is 0 Å². The molecule has 0 spiro atoms. The summed E-state index contributed by atoms with van der Waals surface area (Å²) in [6.45, 7) is 5.99. The van der Waals surface area contributed by atoms with E-state index in [0.29, 0.717) is 5.56 Å². The topological polar surface area (TPSA) is 29.1 Å². The molecule has 2 rings (SSSR count). The van der Waals surface area contributed by atoms with Crippen LogP contribution in [0.4, 0.5) is 0 Å². The first-order valence-corrected chi connectivity index (χ1v) is 7.39. The molecule has 0 saturated carbocycles. The zero-order valence-electron chi connectivity index (χ0n) is 11.9. The van der Waals surface area contributed by atoms with Crippen molar-refractivity contribution in [1.82, 2.24) is 5.32 Å². The third-order valence-electron chi connectivity index (χ3n) is 3.20. The van der Waals surface area contributed by atoms with Crippen LogP contribution in [-0.4, -0.2) is 5.91 Å². The largest absolute Gasteiger partial charge is 0.346 e. The number of carbonyl (C=O) groups excluding carboxylic acids is 1. The van der Waals surface area contributed by atoms with Crippen molar-refractivity contribution in [1.29, 1.82) is 0 Å². The molecule has 20 heavy (non-hydrogen) atoms. The third kappa shape index (κ3) is 3.70. The number of nitrogens with one attached hydrogen (secondary N) is 1. The zero-order chi connectivity index (χ0) is 14.7. The van der Waals surface area contributed by atoms with E-state index in [-0.39, 0.29) is 11.9 Å². The van der Waals surface area contributed by atoms with Gasteiger partial charge in [-0.2, -0.15) is 0 Å². The fraction of sp³-hybridized carbons (Fsp3) is 0.235. The Kier molecular flexibility index (Phi) is 4.61. The molecule has 0 fully saturated rings. The van der Waals surface area contributed by atoms with E-state index >= 15 is 0 Å². The Morgan fingerprint density at radius 1 is 1.05 bits per heavy atom. The number of halogens is 1. The summed E-state index contributed by atoms with van der Waals surface area (Å²) in [4.78, 5) is 12.3. The Labute approximate surface area is 128 Å². The normalized spacial score (nSPS) is 12.0. The summed E-state index contributed by atoms with van der Waals surface area (Å²) in [6, 6.07) is 13.9. The lowest BCUT2D eigenvalue weighted by Gasteiger charge is -2.15. The Morgan fingerprint density at radius 2 is 1.60 bits per heavy atom. The first kappa shape index (κ1) is 14.8. The van der Waals surface area contributed by atoms with Crippen molar-refractivity contribution in [3.63, 3.8) is 0 Å². The first-order valence-electron chi connectivity index (χ1n) is 6.60. The molecule has 0 aliphatic heterocycles. The maximum atomic E-state index is 12.3. The summed E-state index contributed by atoms with van der Waals surface area (Å²) in [5.74, 6) is -0.0350.